The number of aliphatic hydroxyl groups excluding tert-OH is 4. The molecule has 1 aliphatic heterocycles. The van der Waals surface area contributed by atoms with Gasteiger partial charge in [-0.1, -0.05) is 24.3 Å². The third-order valence-corrected chi connectivity index (χ3v) is 4.51. The lowest BCUT2D eigenvalue weighted by atomic mass is 9.99. The molecule has 1 aliphatic rings. The first-order valence-corrected chi connectivity index (χ1v) is 8.80. The number of aliphatic hydroxyl groups is 4. The Morgan fingerprint density at radius 3 is 2.21 bits per heavy atom. The van der Waals surface area contributed by atoms with E-state index in [1.165, 1.54) is 24.3 Å². The maximum atomic E-state index is 10.2. The zero-order chi connectivity index (χ0) is 21.1. The maximum Gasteiger partial charge on any atom is 0.229 e. The normalized spacial score (nSPS) is 27.2. The molecule has 9 nitrogen and oxygen atoms in total. The fraction of sp³-hybridized carbons (Fsp3) is 0.300. The quantitative estimate of drug-likeness (QED) is 0.343. The van der Waals surface area contributed by atoms with Crippen molar-refractivity contribution < 1.29 is 45.2 Å². The summed E-state index contributed by atoms with van der Waals surface area (Å²) in [6.45, 7) is -0.625. The van der Waals surface area contributed by atoms with Crippen molar-refractivity contribution in [1.82, 2.24) is 0 Å². The average molecular weight is 406 g/mol. The van der Waals surface area contributed by atoms with Crippen LogP contribution in [0.2, 0.25) is 0 Å². The lowest BCUT2D eigenvalue weighted by Crippen LogP contribution is -2.60. The predicted molar refractivity (Wildman–Crippen MR) is 101 cm³/mol. The summed E-state index contributed by atoms with van der Waals surface area (Å²) < 4.78 is 10.8. The smallest absolute Gasteiger partial charge is 0.229 e. The molecule has 156 valence electrons. The van der Waals surface area contributed by atoms with E-state index in [4.69, 9.17) is 9.47 Å². The molecule has 0 aromatic heterocycles. The number of phenols is 3. The summed E-state index contributed by atoms with van der Waals surface area (Å²) >= 11 is 0. The number of phenolic OH excluding ortho intramolecular Hbond substituents is 3. The van der Waals surface area contributed by atoms with Crippen molar-refractivity contribution in [2.24, 2.45) is 0 Å². The van der Waals surface area contributed by atoms with Crippen LogP contribution in [0.25, 0.3) is 12.2 Å². The number of aromatic hydroxyl groups is 3. The summed E-state index contributed by atoms with van der Waals surface area (Å²) in [4.78, 5) is 0. The highest BCUT2D eigenvalue weighted by Gasteiger charge is 2.45. The number of ether oxygens (including phenoxy) is 2. The van der Waals surface area contributed by atoms with E-state index in [2.05, 4.69) is 0 Å². The van der Waals surface area contributed by atoms with Gasteiger partial charge >= 0.3 is 0 Å². The Labute approximate surface area is 165 Å². The van der Waals surface area contributed by atoms with Crippen molar-refractivity contribution in [1.29, 1.82) is 0 Å². The van der Waals surface area contributed by atoms with Crippen molar-refractivity contribution in [2.75, 3.05) is 6.61 Å². The predicted octanol–water partition coefficient (Wildman–Crippen LogP) is 0.152. The minimum atomic E-state index is -1.66. The lowest BCUT2D eigenvalue weighted by molar-refractivity contribution is -0.277. The number of benzene rings is 2. The molecule has 9 heteroatoms. The molecule has 29 heavy (non-hydrogen) atoms. The number of hydrogen-bond donors (Lipinski definition) is 7. The van der Waals surface area contributed by atoms with E-state index >= 15 is 0 Å². The van der Waals surface area contributed by atoms with Crippen molar-refractivity contribution in [3.63, 3.8) is 0 Å². The number of rotatable bonds is 5. The fourth-order valence-corrected chi connectivity index (χ4v) is 2.92. The zero-order valence-electron chi connectivity index (χ0n) is 15.2. The molecule has 1 heterocycles. The van der Waals surface area contributed by atoms with Crippen molar-refractivity contribution >= 4 is 12.2 Å². The molecule has 5 atom stereocenters. The Bertz CT molecular complexity index is 863. The van der Waals surface area contributed by atoms with Crippen LogP contribution in [-0.4, -0.2) is 73.1 Å². The molecule has 0 saturated carbocycles. The van der Waals surface area contributed by atoms with E-state index in [-0.39, 0.29) is 22.8 Å². The first-order chi connectivity index (χ1) is 13.8. The monoisotopic (exact) mass is 406 g/mol. The topological polar surface area (TPSA) is 160 Å². The van der Waals surface area contributed by atoms with Crippen LogP contribution < -0.4 is 4.74 Å². The molecule has 0 amide bonds. The van der Waals surface area contributed by atoms with E-state index in [0.717, 1.165) is 6.07 Å². The van der Waals surface area contributed by atoms with Gasteiger partial charge in [0.15, 0.2) is 11.5 Å². The Hall–Kier alpha value is -2.82. The van der Waals surface area contributed by atoms with Crippen molar-refractivity contribution in [2.45, 2.75) is 30.7 Å². The van der Waals surface area contributed by atoms with E-state index in [9.17, 15) is 35.7 Å². The van der Waals surface area contributed by atoms with Crippen LogP contribution in [0.4, 0.5) is 0 Å². The van der Waals surface area contributed by atoms with Gasteiger partial charge in [-0.2, -0.15) is 0 Å². The van der Waals surface area contributed by atoms with Gasteiger partial charge in [0.25, 0.3) is 0 Å². The third-order valence-electron chi connectivity index (χ3n) is 4.51. The van der Waals surface area contributed by atoms with E-state index in [0.29, 0.717) is 5.56 Å². The molecule has 3 rings (SSSR count). The minimum absolute atomic E-state index is 0.101. The molecule has 1 saturated heterocycles. The molecule has 0 bridgehead atoms. The van der Waals surface area contributed by atoms with E-state index in [1.807, 2.05) is 0 Å². The van der Waals surface area contributed by atoms with Gasteiger partial charge in [-0.3, -0.25) is 0 Å². The van der Waals surface area contributed by atoms with Gasteiger partial charge in [-0.25, -0.2) is 0 Å². The van der Waals surface area contributed by atoms with Gasteiger partial charge in [-0.05, 0) is 23.8 Å². The van der Waals surface area contributed by atoms with E-state index in [1.54, 1.807) is 18.2 Å². The van der Waals surface area contributed by atoms with E-state index < -0.39 is 43.1 Å². The van der Waals surface area contributed by atoms with Crippen LogP contribution in [0.1, 0.15) is 11.1 Å². The van der Waals surface area contributed by atoms with Crippen LogP contribution in [0, 0.1) is 0 Å². The lowest BCUT2D eigenvalue weighted by Gasteiger charge is -2.39. The highest BCUT2D eigenvalue weighted by atomic mass is 16.7. The molecule has 7 N–H and O–H groups in total. The van der Waals surface area contributed by atoms with Gasteiger partial charge < -0.3 is 45.2 Å². The molecule has 0 spiro atoms. The maximum absolute atomic E-state index is 10.2. The summed E-state index contributed by atoms with van der Waals surface area (Å²) in [5.74, 6) is -0.743. The van der Waals surface area contributed by atoms with Crippen LogP contribution in [0.5, 0.6) is 23.0 Å². The molecule has 2 aromatic carbocycles. The van der Waals surface area contributed by atoms with Gasteiger partial charge in [0.2, 0.25) is 6.29 Å². The highest BCUT2D eigenvalue weighted by Crippen LogP contribution is 2.38. The van der Waals surface area contributed by atoms with Gasteiger partial charge in [-0.15, -0.1) is 0 Å². The average Bonchev–Trinajstić information content (AvgIpc) is 2.69. The second-order valence-corrected chi connectivity index (χ2v) is 6.62. The fourth-order valence-electron chi connectivity index (χ4n) is 2.92. The molecule has 1 fully saturated rings. The molecular formula is C20H22O9. The molecule has 0 unspecified atom stereocenters. The van der Waals surface area contributed by atoms with Crippen LogP contribution in [0.15, 0.2) is 36.4 Å². The Morgan fingerprint density at radius 1 is 0.862 bits per heavy atom. The second-order valence-electron chi connectivity index (χ2n) is 6.62. The summed E-state index contributed by atoms with van der Waals surface area (Å²) in [5.41, 5.74) is 0.942. The number of hydrogen-bond acceptors (Lipinski definition) is 9. The van der Waals surface area contributed by atoms with Crippen molar-refractivity contribution in [3.8, 4) is 23.0 Å². The Kier molecular flexibility index (Phi) is 6.26. The zero-order valence-corrected chi connectivity index (χ0v) is 15.2. The van der Waals surface area contributed by atoms with Crippen LogP contribution >= 0.6 is 0 Å². The van der Waals surface area contributed by atoms with Crippen LogP contribution in [0.3, 0.4) is 0 Å². The summed E-state index contributed by atoms with van der Waals surface area (Å²) in [5, 5.41) is 68.5. The highest BCUT2D eigenvalue weighted by molar-refractivity contribution is 5.75. The summed E-state index contributed by atoms with van der Waals surface area (Å²) in [6.07, 6.45) is -4.36. The molecule has 0 radical (unpaired) electrons. The second kappa shape index (κ2) is 8.68. The Balaban J connectivity index is 1.89. The Morgan fingerprint density at radius 2 is 1.55 bits per heavy atom. The minimum Gasteiger partial charge on any atom is -0.508 e. The van der Waals surface area contributed by atoms with Crippen molar-refractivity contribution in [3.05, 3.63) is 47.5 Å². The summed E-state index contributed by atoms with van der Waals surface area (Å²) in [7, 11) is 0. The summed E-state index contributed by atoms with van der Waals surface area (Å²) in [6, 6.07) is 8.60. The molecule has 2 aromatic rings. The first kappa shape index (κ1) is 20.9. The third kappa shape index (κ3) is 4.61. The van der Waals surface area contributed by atoms with Gasteiger partial charge in [0.05, 0.1) is 6.61 Å². The molecular weight excluding hydrogens is 384 g/mol. The largest absolute Gasteiger partial charge is 0.508 e. The van der Waals surface area contributed by atoms with Crippen LogP contribution in [-0.2, 0) is 4.74 Å². The standard InChI is InChI=1S/C20H22O9/c21-9-15-16(25)17(26)18(27)20(28-15)29-19-11(7-13(23)8-14(19)24)4-1-10-2-5-12(22)6-3-10/h1-8,15-18,20-27H,9H2/t15-,16-,17+,18-,20+/m1/s1. The van der Waals surface area contributed by atoms with Gasteiger partial charge in [0.1, 0.15) is 35.9 Å². The molecule has 0 aliphatic carbocycles. The SMILES string of the molecule is OC[C@H]1O[C@@H](Oc2c(O)cc(O)cc2C=Cc2ccc(O)cc2)[C@H](O)[C@@H](O)[C@@H]1O. The first-order valence-electron chi connectivity index (χ1n) is 8.80. The van der Waals surface area contributed by atoms with Gasteiger partial charge in [0, 0.05) is 11.6 Å².